The molecule has 124 valence electrons. The highest BCUT2D eigenvalue weighted by Crippen LogP contribution is 2.16. The Morgan fingerprint density at radius 3 is 2.14 bits per heavy atom. The molecule has 22 heavy (non-hydrogen) atoms. The van der Waals surface area contributed by atoms with Gasteiger partial charge in [-0.15, -0.1) is 0 Å². The molecule has 1 atom stereocenters. The summed E-state index contributed by atoms with van der Waals surface area (Å²) in [5, 5.41) is 6.06. The van der Waals surface area contributed by atoms with E-state index in [2.05, 4.69) is 15.4 Å². The van der Waals surface area contributed by atoms with Crippen molar-refractivity contribution >= 4 is 27.3 Å². The van der Waals surface area contributed by atoms with E-state index in [9.17, 15) is 13.2 Å². The van der Waals surface area contributed by atoms with Crippen LogP contribution in [0.4, 0.5) is 11.4 Å². The van der Waals surface area contributed by atoms with E-state index in [1.54, 1.807) is 31.2 Å². The minimum absolute atomic E-state index is 0.0785. The predicted octanol–water partition coefficient (Wildman–Crippen LogP) is 2.16. The molecule has 0 spiro atoms. The Balaban J connectivity index is 2.65. The number of benzene rings is 1. The fraction of sp³-hybridized carbons (Fsp3) is 0.533. The maximum Gasteiger partial charge on any atom is 0.242 e. The van der Waals surface area contributed by atoms with Crippen LogP contribution < -0.4 is 15.4 Å². The lowest BCUT2D eigenvalue weighted by Crippen LogP contribution is -2.48. The van der Waals surface area contributed by atoms with Gasteiger partial charge >= 0.3 is 0 Å². The van der Waals surface area contributed by atoms with Crippen LogP contribution in [0.2, 0.25) is 0 Å². The Morgan fingerprint density at radius 1 is 1.18 bits per heavy atom. The SMILES string of the molecule is CCC(C)(C)NC(=O)C(C)Nc1ccc(NS(C)(=O)=O)cc1. The third-order valence-electron chi connectivity index (χ3n) is 3.31. The minimum Gasteiger partial charge on any atom is -0.374 e. The lowest BCUT2D eigenvalue weighted by molar-refractivity contribution is -0.123. The van der Waals surface area contributed by atoms with Crippen LogP contribution in [0.15, 0.2) is 24.3 Å². The van der Waals surface area contributed by atoms with E-state index in [0.29, 0.717) is 5.69 Å². The van der Waals surface area contributed by atoms with Gasteiger partial charge in [0.1, 0.15) is 6.04 Å². The van der Waals surface area contributed by atoms with E-state index < -0.39 is 10.0 Å². The first-order valence-corrected chi connectivity index (χ1v) is 9.08. The lowest BCUT2D eigenvalue weighted by Gasteiger charge is -2.27. The summed E-state index contributed by atoms with van der Waals surface area (Å²) in [6.07, 6.45) is 1.94. The van der Waals surface area contributed by atoms with Gasteiger partial charge in [0.25, 0.3) is 0 Å². The molecule has 7 heteroatoms. The molecule has 0 saturated heterocycles. The number of sulfonamides is 1. The average molecular weight is 327 g/mol. The van der Waals surface area contributed by atoms with Crippen LogP contribution >= 0.6 is 0 Å². The van der Waals surface area contributed by atoms with Crippen LogP contribution in [0.3, 0.4) is 0 Å². The second kappa shape index (κ2) is 7.00. The van der Waals surface area contributed by atoms with Crippen molar-refractivity contribution in [2.75, 3.05) is 16.3 Å². The summed E-state index contributed by atoms with van der Waals surface area (Å²) in [4.78, 5) is 12.1. The van der Waals surface area contributed by atoms with Gasteiger partial charge in [-0.05, 0) is 51.5 Å². The largest absolute Gasteiger partial charge is 0.374 e. The number of nitrogens with one attached hydrogen (secondary N) is 3. The summed E-state index contributed by atoms with van der Waals surface area (Å²) in [5.41, 5.74) is 0.990. The molecule has 0 aliphatic heterocycles. The maximum absolute atomic E-state index is 12.1. The first-order valence-electron chi connectivity index (χ1n) is 7.19. The molecule has 1 unspecified atom stereocenters. The molecule has 3 N–H and O–H groups in total. The van der Waals surface area contributed by atoms with Gasteiger partial charge in [-0.3, -0.25) is 9.52 Å². The Bertz CT molecular complexity index is 609. The van der Waals surface area contributed by atoms with E-state index in [1.165, 1.54) is 0 Å². The summed E-state index contributed by atoms with van der Waals surface area (Å²) in [6, 6.07) is 6.35. The van der Waals surface area contributed by atoms with Crippen molar-refractivity contribution in [3.05, 3.63) is 24.3 Å². The first kappa shape index (κ1) is 18.3. The van der Waals surface area contributed by atoms with Crippen molar-refractivity contribution in [1.29, 1.82) is 0 Å². The summed E-state index contributed by atoms with van der Waals surface area (Å²) < 4.78 is 24.7. The van der Waals surface area contributed by atoms with Gasteiger partial charge in [0.2, 0.25) is 15.9 Å². The second-order valence-corrected chi connectivity index (χ2v) is 7.79. The highest BCUT2D eigenvalue weighted by Gasteiger charge is 2.21. The molecule has 0 aliphatic carbocycles. The molecule has 1 rings (SSSR count). The van der Waals surface area contributed by atoms with Crippen molar-refractivity contribution in [2.45, 2.75) is 45.7 Å². The number of amides is 1. The van der Waals surface area contributed by atoms with E-state index in [-0.39, 0.29) is 17.5 Å². The van der Waals surface area contributed by atoms with Gasteiger partial charge in [-0.1, -0.05) is 6.92 Å². The second-order valence-electron chi connectivity index (χ2n) is 6.04. The molecule has 6 nitrogen and oxygen atoms in total. The van der Waals surface area contributed by atoms with Crippen LogP contribution in [-0.4, -0.2) is 32.2 Å². The molecule has 0 aliphatic rings. The van der Waals surface area contributed by atoms with Gasteiger partial charge in [0.05, 0.1) is 6.26 Å². The highest BCUT2D eigenvalue weighted by molar-refractivity contribution is 7.92. The lowest BCUT2D eigenvalue weighted by atomic mass is 10.0. The van der Waals surface area contributed by atoms with E-state index in [0.717, 1.165) is 18.4 Å². The highest BCUT2D eigenvalue weighted by atomic mass is 32.2. The molecule has 0 heterocycles. The predicted molar refractivity (Wildman–Crippen MR) is 90.5 cm³/mol. The summed E-state index contributed by atoms with van der Waals surface area (Å²) in [6.45, 7) is 7.75. The molecule has 0 radical (unpaired) electrons. The number of anilines is 2. The Hall–Kier alpha value is -1.76. The summed E-state index contributed by atoms with van der Waals surface area (Å²) in [7, 11) is -3.28. The molecule has 0 aromatic heterocycles. The molecule has 1 aromatic rings. The number of rotatable bonds is 7. The smallest absolute Gasteiger partial charge is 0.242 e. The van der Waals surface area contributed by atoms with Crippen molar-refractivity contribution in [3.8, 4) is 0 Å². The van der Waals surface area contributed by atoms with Crippen molar-refractivity contribution < 1.29 is 13.2 Å². The quantitative estimate of drug-likeness (QED) is 0.716. The first-order chi connectivity index (χ1) is 10.0. The molecular weight excluding hydrogens is 302 g/mol. The number of carbonyl (C=O) groups excluding carboxylic acids is 1. The molecule has 0 bridgehead atoms. The van der Waals surface area contributed by atoms with Gasteiger partial charge in [0.15, 0.2) is 0 Å². The molecular formula is C15H25N3O3S. The molecule has 0 fully saturated rings. The third kappa shape index (κ3) is 6.34. The zero-order chi connectivity index (χ0) is 17.0. The normalized spacial score (nSPS) is 13.3. The molecule has 0 saturated carbocycles. The third-order valence-corrected chi connectivity index (χ3v) is 3.92. The van der Waals surface area contributed by atoms with Gasteiger partial charge < -0.3 is 10.6 Å². The van der Waals surface area contributed by atoms with Crippen LogP contribution in [0.1, 0.15) is 34.1 Å². The van der Waals surface area contributed by atoms with E-state index >= 15 is 0 Å². The van der Waals surface area contributed by atoms with Crippen LogP contribution in [0.5, 0.6) is 0 Å². The topological polar surface area (TPSA) is 87.3 Å². The van der Waals surface area contributed by atoms with Crippen LogP contribution in [0.25, 0.3) is 0 Å². The summed E-state index contributed by atoms with van der Waals surface area (Å²) >= 11 is 0. The zero-order valence-electron chi connectivity index (χ0n) is 13.7. The van der Waals surface area contributed by atoms with Crippen molar-refractivity contribution in [2.24, 2.45) is 0 Å². The van der Waals surface area contributed by atoms with Gasteiger partial charge in [-0.25, -0.2) is 8.42 Å². The standard InChI is InChI=1S/C15H25N3O3S/c1-6-15(3,4)17-14(19)11(2)16-12-7-9-13(10-8-12)18-22(5,20)21/h7-11,16,18H,6H2,1-5H3,(H,17,19). The summed E-state index contributed by atoms with van der Waals surface area (Å²) in [5.74, 6) is -0.0785. The van der Waals surface area contributed by atoms with Gasteiger partial charge in [0, 0.05) is 16.9 Å². The number of hydrogen-bond donors (Lipinski definition) is 3. The van der Waals surface area contributed by atoms with Crippen molar-refractivity contribution in [3.63, 3.8) is 0 Å². The molecule has 1 aromatic carbocycles. The fourth-order valence-electron chi connectivity index (χ4n) is 1.69. The zero-order valence-corrected chi connectivity index (χ0v) is 14.5. The Labute approximate surface area is 132 Å². The van der Waals surface area contributed by atoms with Crippen LogP contribution in [-0.2, 0) is 14.8 Å². The van der Waals surface area contributed by atoms with E-state index in [1.807, 2.05) is 20.8 Å². The van der Waals surface area contributed by atoms with Gasteiger partial charge in [-0.2, -0.15) is 0 Å². The minimum atomic E-state index is -3.28. The Morgan fingerprint density at radius 2 is 1.68 bits per heavy atom. The average Bonchev–Trinajstić information content (AvgIpc) is 2.39. The fourth-order valence-corrected chi connectivity index (χ4v) is 2.26. The Kier molecular flexibility index (Phi) is 5.82. The number of carbonyl (C=O) groups is 1. The van der Waals surface area contributed by atoms with Crippen molar-refractivity contribution in [1.82, 2.24) is 5.32 Å². The van der Waals surface area contributed by atoms with E-state index in [4.69, 9.17) is 0 Å². The number of hydrogen-bond acceptors (Lipinski definition) is 4. The monoisotopic (exact) mass is 327 g/mol. The maximum atomic E-state index is 12.1. The molecule has 1 amide bonds. The van der Waals surface area contributed by atoms with Crippen LogP contribution in [0, 0.1) is 0 Å².